The van der Waals surface area contributed by atoms with Crippen molar-refractivity contribution < 1.29 is 18.7 Å². The average molecular weight is 364 g/mol. The van der Waals surface area contributed by atoms with Gasteiger partial charge < -0.3 is 18.7 Å². The standard InChI is InChI=1S/C20H16N2O5/c1-11-18(23)12(2)20(24)27-19(11)17-6-14-5-15(3-4-16(14)26-17)25-9-13-7-21-10-22-8-13/h3-8,10,23H,9H2,1-2H3. The molecule has 0 aliphatic heterocycles. The Labute approximate surface area is 153 Å². The van der Waals surface area contributed by atoms with E-state index in [2.05, 4.69) is 9.97 Å². The first-order chi connectivity index (χ1) is 13.0. The molecule has 0 aliphatic carbocycles. The lowest BCUT2D eigenvalue weighted by Gasteiger charge is -2.05. The van der Waals surface area contributed by atoms with Crippen molar-refractivity contribution in [1.82, 2.24) is 9.97 Å². The molecule has 0 unspecified atom stereocenters. The molecule has 4 aromatic rings. The SMILES string of the molecule is Cc1c(-c2cc3cc(OCc4cncnc4)ccc3o2)oc(=O)c(C)c1O. The zero-order valence-electron chi connectivity index (χ0n) is 14.7. The molecule has 7 nitrogen and oxygen atoms in total. The summed E-state index contributed by atoms with van der Waals surface area (Å²) < 4.78 is 16.9. The minimum Gasteiger partial charge on any atom is -0.507 e. The number of benzene rings is 1. The van der Waals surface area contributed by atoms with E-state index in [0.29, 0.717) is 29.3 Å². The molecule has 1 aromatic carbocycles. The molecule has 0 radical (unpaired) electrons. The monoisotopic (exact) mass is 364 g/mol. The van der Waals surface area contributed by atoms with Crippen molar-refractivity contribution in [2.24, 2.45) is 0 Å². The molecule has 0 saturated heterocycles. The number of fused-ring (bicyclic) bond motifs is 1. The Morgan fingerprint density at radius 3 is 2.63 bits per heavy atom. The fourth-order valence-electron chi connectivity index (χ4n) is 2.76. The Balaban J connectivity index is 1.66. The van der Waals surface area contributed by atoms with E-state index in [4.69, 9.17) is 13.6 Å². The Morgan fingerprint density at radius 1 is 1.07 bits per heavy atom. The zero-order chi connectivity index (χ0) is 19.0. The van der Waals surface area contributed by atoms with Crippen molar-refractivity contribution in [2.45, 2.75) is 20.5 Å². The zero-order valence-corrected chi connectivity index (χ0v) is 14.7. The lowest BCUT2D eigenvalue weighted by molar-refractivity contribution is 0.305. The molecule has 27 heavy (non-hydrogen) atoms. The number of furan rings is 1. The van der Waals surface area contributed by atoms with Gasteiger partial charge in [0.1, 0.15) is 30.0 Å². The van der Waals surface area contributed by atoms with Crippen LogP contribution >= 0.6 is 0 Å². The van der Waals surface area contributed by atoms with E-state index in [1.54, 1.807) is 37.5 Å². The van der Waals surface area contributed by atoms with E-state index < -0.39 is 5.63 Å². The maximum absolute atomic E-state index is 11.9. The van der Waals surface area contributed by atoms with Crippen LogP contribution in [0.25, 0.3) is 22.5 Å². The van der Waals surface area contributed by atoms with Crippen LogP contribution in [0.1, 0.15) is 16.7 Å². The molecular formula is C20H16N2O5. The molecule has 0 bridgehead atoms. The average Bonchev–Trinajstić information content (AvgIpc) is 3.11. The van der Waals surface area contributed by atoms with Gasteiger partial charge in [-0.2, -0.15) is 0 Å². The number of ether oxygens (including phenoxy) is 1. The highest BCUT2D eigenvalue weighted by Crippen LogP contribution is 2.34. The Hall–Kier alpha value is -3.61. The molecule has 136 valence electrons. The smallest absolute Gasteiger partial charge is 0.343 e. The van der Waals surface area contributed by atoms with Gasteiger partial charge in [-0.15, -0.1) is 0 Å². The number of rotatable bonds is 4. The van der Waals surface area contributed by atoms with Crippen LogP contribution in [-0.2, 0) is 6.61 Å². The van der Waals surface area contributed by atoms with Gasteiger partial charge >= 0.3 is 5.63 Å². The summed E-state index contributed by atoms with van der Waals surface area (Å²) in [5.74, 6) is 1.14. The van der Waals surface area contributed by atoms with Crippen LogP contribution in [0.4, 0.5) is 0 Å². The molecule has 0 spiro atoms. The van der Waals surface area contributed by atoms with Gasteiger partial charge in [0.15, 0.2) is 11.5 Å². The minimum atomic E-state index is -0.595. The van der Waals surface area contributed by atoms with Crippen molar-refractivity contribution in [3.8, 4) is 23.0 Å². The minimum absolute atomic E-state index is 0.0872. The molecule has 3 aromatic heterocycles. The second kappa shape index (κ2) is 6.60. The number of hydrogen-bond acceptors (Lipinski definition) is 7. The van der Waals surface area contributed by atoms with Crippen LogP contribution in [0.2, 0.25) is 0 Å². The molecule has 7 heteroatoms. The summed E-state index contributed by atoms with van der Waals surface area (Å²) >= 11 is 0. The summed E-state index contributed by atoms with van der Waals surface area (Å²) in [5.41, 5.74) is 1.50. The van der Waals surface area contributed by atoms with E-state index >= 15 is 0 Å². The molecule has 0 aliphatic rings. The van der Waals surface area contributed by atoms with Crippen LogP contribution in [0.5, 0.6) is 11.5 Å². The summed E-state index contributed by atoms with van der Waals surface area (Å²) in [6, 6.07) is 7.13. The fraction of sp³-hybridized carbons (Fsp3) is 0.150. The third-order valence-electron chi connectivity index (χ3n) is 4.28. The molecule has 0 atom stereocenters. The summed E-state index contributed by atoms with van der Waals surface area (Å²) in [4.78, 5) is 19.8. The quantitative estimate of drug-likeness (QED) is 0.589. The first-order valence-electron chi connectivity index (χ1n) is 8.27. The van der Waals surface area contributed by atoms with Gasteiger partial charge in [-0.25, -0.2) is 14.8 Å². The van der Waals surface area contributed by atoms with Crippen molar-refractivity contribution in [3.05, 3.63) is 70.1 Å². The topological polar surface area (TPSA) is 98.6 Å². The second-order valence-electron chi connectivity index (χ2n) is 6.16. The second-order valence-corrected chi connectivity index (χ2v) is 6.16. The predicted octanol–water partition coefficient (Wildman–Crippen LogP) is 3.74. The van der Waals surface area contributed by atoms with Gasteiger partial charge in [0.2, 0.25) is 0 Å². The summed E-state index contributed by atoms with van der Waals surface area (Å²) in [6.07, 6.45) is 4.85. The first-order valence-corrected chi connectivity index (χ1v) is 8.27. The van der Waals surface area contributed by atoms with Gasteiger partial charge in [-0.1, -0.05) is 0 Å². The highest BCUT2D eigenvalue weighted by atomic mass is 16.5. The lowest BCUT2D eigenvalue weighted by atomic mass is 10.1. The third kappa shape index (κ3) is 3.15. The fourth-order valence-corrected chi connectivity index (χ4v) is 2.76. The van der Waals surface area contributed by atoms with E-state index in [1.807, 2.05) is 6.07 Å². The van der Waals surface area contributed by atoms with Gasteiger partial charge in [0, 0.05) is 28.9 Å². The number of nitrogens with zero attached hydrogens (tertiary/aromatic N) is 2. The molecule has 4 rings (SSSR count). The van der Waals surface area contributed by atoms with E-state index in [0.717, 1.165) is 10.9 Å². The van der Waals surface area contributed by atoms with Gasteiger partial charge in [0.25, 0.3) is 0 Å². The molecule has 1 N–H and O–H groups in total. The molecule has 0 saturated carbocycles. The van der Waals surface area contributed by atoms with E-state index in [1.165, 1.54) is 13.3 Å². The van der Waals surface area contributed by atoms with E-state index in [-0.39, 0.29) is 17.1 Å². The van der Waals surface area contributed by atoms with Crippen LogP contribution in [-0.4, -0.2) is 15.1 Å². The summed E-state index contributed by atoms with van der Waals surface area (Å²) in [5, 5.41) is 10.9. The van der Waals surface area contributed by atoms with Gasteiger partial charge in [0.05, 0.1) is 5.56 Å². The molecule has 3 heterocycles. The van der Waals surface area contributed by atoms with E-state index in [9.17, 15) is 9.90 Å². The highest BCUT2D eigenvalue weighted by Gasteiger charge is 2.18. The first kappa shape index (κ1) is 16.8. The van der Waals surface area contributed by atoms with Crippen LogP contribution in [0, 0.1) is 13.8 Å². The number of aromatic hydroxyl groups is 1. The predicted molar refractivity (Wildman–Crippen MR) is 97.7 cm³/mol. The Morgan fingerprint density at radius 2 is 1.85 bits per heavy atom. The van der Waals surface area contributed by atoms with Crippen molar-refractivity contribution >= 4 is 11.0 Å². The number of hydrogen-bond donors (Lipinski definition) is 1. The summed E-state index contributed by atoms with van der Waals surface area (Å²) in [6.45, 7) is 3.53. The Kier molecular flexibility index (Phi) is 4.12. The summed E-state index contributed by atoms with van der Waals surface area (Å²) in [7, 11) is 0. The maximum Gasteiger partial charge on any atom is 0.343 e. The largest absolute Gasteiger partial charge is 0.507 e. The lowest BCUT2D eigenvalue weighted by Crippen LogP contribution is -2.05. The van der Waals surface area contributed by atoms with Gasteiger partial charge in [-0.05, 0) is 38.1 Å². The Bertz CT molecular complexity index is 1180. The molecule has 0 amide bonds. The van der Waals surface area contributed by atoms with Crippen molar-refractivity contribution in [1.29, 1.82) is 0 Å². The van der Waals surface area contributed by atoms with Crippen LogP contribution < -0.4 is 10.4 Å². The van der Waals surface area contributed by atoms with Gasteiger partial charge in [-0.3, -0.25) is 0 Å². The van der Waals surface area contributed by atoms with Crippen molar-refractivity contribution in [3.63, 3.8) is 0 Å². The third-order valence-corrected chi connectivity index (χ3v) is 4.28. The van der Waals surface area contributed by atoms with Crippen LogP contribution in [0.3, 0.4) is 0 Å². The highest BCUT2D eigenvalue weighted by molar-refractivity contribution is 5.84. The van der Waals surface area contributed by atoms with Crippen LogP contribution in [0.15, 0.2) is 56.6 Å². The normalized spacial score (nSPS) is 11.0. The van der Waals surface area contributed by atoms with Crippen molar-refractivity contribution in [2.75, 3.05) is 0 Å². The maximum atomic E-state index is 11.9. The molecular weight excluding hydrogens is 348 g/mol. The molecule has 0 fully saturated rings. The number of aromatic nitrogens is 2.